The number of anilines is 1. The Hall–Kier alpha value is -3.17. The van der Waals surface area contributed by atoms with Crippen LogP contribution in [-0.2, 0) is 21.2 Å². The van der Waals surface area contributed by atoms with Gasteiger partial charge in [-0.2, -0.15) is 0 Å². The number of aryl methyl sites for hydroxylation is 1. The van der Waals surface area contributed by atoms with Crippen molar-refractivity contribution in [1.82, 2.24) is 0 Å². The van der Waals surface area contributed by atoms with Gasteiger partial charge in [-0.15, -0.1) is 0 Å². The number of hydrogen-bond donors (Lipinski definition) is 2. The van der Waals surface area contributed by atoms with Gasteiger partial charge in [-0.05, 0) is 42.2 Å². The van der Waals surface area contributed by atoms with Crippen LogP contribution in [0.5, 0.6) is 5.75 Å². The van der Waals surface area contributed by atoms with Gasteiger partial charge in [0.05, 0.1) is 22.9 Å². The molecule has 3 aromatic carbocycles. The number of nitrogens with one attached hydrogen (secondary N) is 1. The first-order valence-corrected chi connectivity index (χ1v) is 11.3. The molecule has 1 aliphatic rings. The van der Waals surface area contributed by atoms with Gasteiger partial charge in [0.1, 0.15) is 16.5 Å². The number of carbonyl (C=O) groups excluding carboxylic acids is 1. The fourth-order valence-corrected chi connectivity index (χ4v) is 4.92. The number of benzene rings is 3. The molecule has 0 amide bonds. The number of rotatable bonds is 0. The minimum Gasteiger partial charge on any atom is -0.505 e. The summed E-state index contributed by atoms with van der Waals surface area (Å²) in [4.78, 5) is 11.6. The number of esters is 1. The second kappa shape index (κ2) is 8.40. The van der Waals surface area contributed by atoms with Crippen molar-refractivity contribution in [2.24, 2.45) is 0 Å². The van der Waals surface area contributed by atoms with Crippen molar-refractivity contribution in [2.75, 3.05) is 11.3 Å². The number of hydrogen-bond acceptors (Lipinski definition) is 5. The van der Waals surface area contributed by atoms with Crippen molar-refractivity contribution in [2.45, 2.75) is 17.7 Å². The fraction of sp³-hybridized carbons (Fsp3) is 0.136. The van der Waals surface area contributed by atoms with Gasteiger partial charge >= 0.3 is 5.97 Å². The van der Waals surface area contributed by atoms with E-state index in [1.54, 1.807) is 24.3 Å². The summed E-state index contributed by atoms with van der Waals surface area (Å²) in [6.07, 6.45) is 0.816. The number of phenols is 1. The SMILES string of the molecule is O=C1OCCCc2ccccc2-c2cc(c(F)cc2F)NS(=O)(=O)c2cc1cc(Cl)c2O. The van der Waals surface area contributed by atoms with E-state index < -0.39 is 49.0 Å². The van der Waals surface area contributed by atoms with Crippen LogP contribution in [0, 0.1) is 11.6 Å². The predicted octanol–water partition coefficient (Wildman–Crippen LogP) is 4.89. The summed E-state index contributed by atoms with van der Waals surface area (Å²) in [7, 11) is -4.62. The molecule has 166 valence electrons. The Morgan fingerprint density at radius 1 is 1.03 bits per heavy atom. The predicted molar refractivity (Wildman–Crippen MR) is 114 cm³/mol. The van der Waals surface area contributed by atoms with E-state index in [1.807, 2.05) is 4.72 Å². The second-order valence-corrected chi connectivity index (χ2v) is 9.18. The Morgan fingerprint density at radius 3 is 2.56 bits per heavy atom. The number of sulfonamides is 1. The molecule has 6 nitrogen and oxygen atoms in total. The van der Waals surface area contributed by atoms with E-state index >= 15 is 0 Å². The van der Waals surface area contributed by atoms with E-state index in [4.69, 9.17) is 16.3 Å². The first-order valence-electron chi connectivity index (χ1n) is 9.47. The lowest BCUT2D eigenvalue weighted by Crippen LogP contribution is -2.16. The third kappa shape index (κ3) is 4.13. The van der Waals surface area contributed by atoms with Gasteiger partial charge in [-0.25, -0.2) is 22.0 Å². The van der Waals surface area contributed by atoms with E-state index in [-0.39, 0.29) is 17.7 Å². The number of fused-ring (bicyclic) bond motifs is 6. The average molecular weight is 480 g/mol. The van der Waals surface area contributed by atoms with Gasteiger partial charge in [-0.3, -0.25) is 4.72 Å². The third-order valence-electron chi connectivity index (χ3n) is 4.99. The number of aromatic hydroxyl groups is 1. The summed E-state index contributed by atoms with van der Waals surface area (Å²) < 4.78 is 62.2. The highest BCUT2D eigenvalue weighted by atomic mass is 35.5. The Labute approximate surface area is 187 Å². The largest absolute Gasteiger partial charge is 0.505 e. The summed E-state index contributed by atoms with van der Waals surface area (Å²) in [5, 5.41) is 9.79. The van der Waals surface area contributed by atoms with Crippen LogP contribution in [0.15, 0.2) is 53.4 Å². The molecule has 0 unspecified atom stereocenters. The molecule has 0 saturated carbocycles. The van der Waals surface area contributed by atoms with Crippen LogP contribution in [-0.4, -0.2) is 26.1 Å². The molecule has 0 fully saturated rings. The number of ether oxygens (including phenoxy) is 1. The first-order chi connectivity index (χ1) is 15.2. The summed E-state index contributed by atoms with van der Waals surface area (Å²) in [5.74, 6) is -3.70. The summed E-state index contributed by atoms with van der Waals surface area (Å²) in [6, 6.07) is 10.4. The Morgan fingerprint density at radius 2 is 1.78 bits per heavy atom. The molecular weight excluding hydrogens is 464 g/mol. The lowest BCUT2D eigenvalue weighted by atomic mass is 9.96. The molecule has 2 N–H and O–H groups in total. The lowest BCUT2D eigenvalue weighted by Gasteiger charge is -2.15. The molecule has 3 aromatic rings. The highest BCUT2D eigenvalue weighted by Gasteiger charge is 2.26. The Balaban J connectivity index is 1.93. The maximum Gasteiger partial charge on any atom is 0.338 e. The Kier molecular flexibility index (Phi) is 5.79. The topological polar surface area (TPSA) is 92.7 Å². The zero-order chi connectivity index (χ0) is 23.0. The minimum absolute atomic E-state index is 0.00312. The normalized spacial score (nSPS) is 15.5. The zero-order valence-electron chi connectivity index (χ0n) is 16.4. The van der Waals surface area contributed by atoms with E-state index in [9.17, 15) is 27.1 Å². The minimum atomic E-state index is -4.62. The maximum absolute atomic E-state index is 14.7. The Bertz CT molecular complexity index is 1340. The van der Waals surface area contributed by atoms with Gasteiger partial charge in [0, 0.05) is 11.6 Å². The molecule has 0 atom stereocenters. The van der Waals surface area contributed by atoms with Crippen LogP contribution in [0.2, 0.25) is 5.02 Å². The van der Waals surface area contributed by atoms with E-state index in [0.29, 0.717) is 30.0 Å². The third-order valence-corrected chi connectivity index (χ3v) is 6.65. The van der Waals surface area contributed by atoms with Crippen LogP contribution >= 0.6 is 11.6 Å². The standard InChI is InChI=1S/C22H16ClF2NO5S/c23-16-8-13-9-20(21(16)27)32(29,30)26-19-10-15(17(24)11-18(19)25)14-6-2-1-4-12(14)5-3-7-31-22(13)28/h1-2,4,6,8-11,26-27H,3,5,7H2. The van der Waals surface area contributed by atoms with Crippen molar-refractivity contribution in [3.63, 3.8) is 0 Å². The van der Waals surface area contributed by atoms with Crippen LogP contribution in [0.1, 0.15) is 22.3 Å². The zero-order valence-corrected chi connectivity index (χ0v) is 17.9. The van der Waals surface area contributed by atoms with Crippen molar-refractivity contribution in [3.8, 4) is 16.9 Å². The van der Waals surface area contributed by atoms with Gasteiger partial charge < -0.3 is 9.84 Å². The van der Waals surface area contributed by atoms with E-state index in [2.05, 4.69) is 0 Å². The molecule has 1 aliphatic heterocycles. The second-order valence-electron chi connectivity index (χ2n) is 7.12. The molecule has 1 heterocycles. The molecule has 0 saturated heterocycles. The molecule has 32 heavy (non-hydrogen) atoms. The van der Waals surface area contributed by atoms with Crippen molar-refractivity contribution in [3.05, 3.63) is 76.3 Å². The smallest absolute Gasteiger partial charge is 0.338 e. The summed E-state index contributed by atoms with van der Waals surface area (Å²) in [5.41, 5.74) is 0.401. The number of carbonyl (C=O) groups is 1. The number of halogens is 3. The number of phenolic OH excluding ortho intramolecular Hbond substituents is 1. The van der Waals surface area contributed by atoms with Gasteiger partial charge in [0.2, 0.25) is 0 Å². The molecule has 10 heteroatoms. The van der Waals surface area contributed by atoms with E-state index in [1.165, 1.54) is 0 Å². The molecule has 0 spiro atoms. The summed E-state index contributed by atoms with van der Waals surface area (Å²) >= 11 is 5.91. The average Bonchev–Trinajstić information content (AvgIpc) is 2.74. The highest BCUT2D eigenvalue weighted by molar-refractivity contribution is 7.92. The molecule has 0 aromatic heterocycles. The van der Waals surface area contributed by atoms with Gasteiger partial charge in [-0.1, -0.05) is 35.9 Å². The molecular formula is C22H16ClF2NO5S. The van der Waals surface area contributed by atoms with Gasteiger partial charge in [0.25, 0.3) is 10.0 Å². The van der Waals surface area contributed by atoms with Crippen molar-refractivity contribution >= 4 is 33.3 Å². The van der Waals surface area contributed by atoms with Crippen LogP contribution in [0.3, 0.4) is 0 Å². The van der Waals surface area contributed by atoms with Crippen LogP contribution in [0.25, 0.3) is 11.1 Å². The maximum atomic E-state index is 14.7. The molecule has 4 bridgehead atoms. The molecule has 4 rings (SSSR count). The van der Waals surface area contributed by atoms with Crippen molar-refractivity contribution < 1.29 is 31.8 Å². The van der Waals surface area contributed by atoms with Crippen LogP contribution in [0.4, 0.5) is 14.5 Å². The first kappa shape index (κ1) is 22.0. The highest BCUT2D eigenvalue weighted by Crippen LogP contribution is 2.36. The molecule has 0 aliphatic carbocycles. The van der Waals surface area contributed by atoms with E-state index in [0.717, 1.165) is 18.2 Å². The number of cyclic esters (lactones) is 1. The van der Waals surface area contributed by atoms with Crippen molar-refractivity contribution in [1.29, 1.82) is 0 Å². The van der Waals surface area contributed by atoms with Crippen LogP contribution < -0.4 is 4.72 Å². The monoisotopic (exact) mass is 479 g/mol. The van der Waals surface area contributed by atoms with Gasteiger partial charge in [0.15, 0.2) is 5.75 Å². The lowest BCUT2D eigenvalue weighted by molar-refractivity contribution is 0.0500. The quantitative estimate of drug-likeness (QED) is 0.448. The fourth-order valence-electron chi connectivity index (χ4n) is 3.44. The summed E-state index contributed by atoms with van der Waals surface area (Å²) in [6.45, 7) is 0.00312. The molecule has 0 radical (unpaired) electrons.